The van der Waals surface area contributed by atoms with Crippen LogP contribution in [0.5, 0.6) is 0 Å². The SMILES string of the molecule is Cc1c(-c2nnc(Nc3cccc(CNCCO)c3)o2)cccc1-c1cccc(C(=O)Nc2ccc(CNCCO)cn2)c1Cl. The first-order chi connectivity index (χ1) is 22.0. The molecule has 0 saturated heterocycles. The Labute approximate surface area is 265 Å². The number of aliphatic hydroxyl groups is 2. The van der Waals surface area contributed by atoms with Gasteiger partial charge in [0.25, 0.3) is 5.91 Å². The molecule has 0 aliphatic rings. The number of amides is 1. The van der Waals surface area contributed by atoms with Crippen molar-refractivity contribution in [2.45, 2.75) is 20.0 Å². The number of carbonyl (C=O) groups excluding carboxylic acids is 1. The third-order valence-electron chi connectivity index (χ3n) is 7.00. The van der Waals surface area contributed by atoms with Crippen LogP contribution in [0.2, 0.25) is 5.02 Å². The molecule has 3 aromatic carbocycles. The van der Waals surface area contributed by atoms with E-state index in [4.69, 9.17) is 26.2 Å². The average molecular weight is 628 g/mol. The number of carbonyl (C=O) groups is 1. The van der Waals surface area contributed by atoms with Crippen LogP contribution in [0.3, 0.4) is 0 Å². The molecular weight excluding hydrogens is 594 g/mol. The highest BCUT2D eigenvalue weighted by atomic mass is 35.5. The fourth-order valence-electron chi connectivity index (χ4n) is 4.75. The van der Waals surface area contributed by atoms with Gasteiger partial charge in [-0.05, 0) is 59.5 Å². The molecule has 45 heavy (non-hydrogen) atoms. The summed E-state index contributed by atoms with van der Waals surface area (Å²) in [7, 11) is 0. The Hall–Kier alpha value is -4.65. The van der Waals surface area contributed by atoms with E-state index in [1.807, 2.05) is 61.5 Å². The number of halogens is 1. The topological polar surface area (TPSA) is 157 Å². The van der Waals surface area contributed by atoms with Gasteiger partial charge in [-0.2, -0.15) is 0 Å². The van der Waals surface area contributed by atoms with Gasteiger partial charge in [-0.15, -0.1) is 5.10 Å². The Balaban J connectivity index is 1.31. The van der Waals surface area contributed by atoms with Crippen molar-refractivity contribution in [1.82, 2.24) is 25.8 Å². The Kier molecular flexibility index (Phi) is 10.9. The van der Waals surface area contributed by atoms with Gasteiger partial charge in [-0.3, -0.25) is 4.79 Å². The van der Waals surface area contributed by atoms with Gasteiger partial charge in [0.05, 0.1) is 23.8 Å². The lowest BCUT2D eigenvalue weighted by Crippen LogP contribution is -2.18. The summed E-state index contributed by atoms with van der Waals surface area (Å²) in [5.74, 6) is 0.357. The molecule has 2 aromatic heterocycles. The van der Waals surface area contributed by atoms with Crippen LogP contribution in [0.1, 0.15) is 27.0 Å². The minimum absolute atomic E-state index is 0.0581. The molecule has 0 atom stereocenters. The lowest BCUT2D eigenvalue weighted by molar-refractivity contribution is 0.102. The first-order valence-corrected chi connectivity index (χ1v) is 14.8. The van der Waals surface area contributed by atoms with Crippen LogP contribution >= 0.6 is 11.6 Å². The molecule has 1 amide bonds. The van der Waals surface area contributed by atoms with Gasteiger partial charge >= 0.3 is 6.01 Å². The van der Waals surface area contributed by atoms with Crippen LogP contribution in [-0.4, -0.2) is 57.6 Å². The van der Waals surface area contributed by atoms with Crippen molar-refractivity contribution in [2.75, 3.05) is 36.9 Å². The largest absolute Gasteiger partial charge is 0.403 e. The molecule has 5 rings (SSSR count). The molecule has 0 spiro atoms. The lowest BCUT2D eigenvalue weighted by Gasteiger charge is -2.14. The first kappa shape index (κ1) is 31.8. The van der Waals surface area contributed by atoms with Gasteiger partial charge in [-0.1, -0.05) is 59.2 Å². The van der Waals surface area contributed by atoms with Gasteiger partial charge < -0.3 is 35.9 Å². The summed E-state index contributed by atoms with van der Waals surface area (Å²) in [6.45, 7) is 4.27. The standard InChI is InChI=1S/C33H34ClN7O4/c1-21-25(27-9-4-10-28(30(27)34)31(44)39-29-12-11-23(20-37-29)19-36-14-16-43)7-3-8-26(21)32-40-41-33(45-32)38-24-6-2-5-22(17-24)18-35-13-15-42/h2-12,17,20,35-36,42-43H,13-16,18-19H2,1H3,(H,38,41)(H,37,39,44). The number of nitrogens with one attached hydrogen (secondary N) is 4. The molecule has 0 fully saturated rings. The maximum atomic E-state index is 13.2. The highest BCUT2D eigenvalue weighted by Crippen LogP contribution is 2.37. The molecule has 0 aliphatic heterocycles. The second kappa shape index (κ2) is 15.4. The number of aliphatic hydroxyl groups excluding tert-OH is 2. The molecule has 0 radical (unpaired) electrons. The highest BCUT2D eigenvalue weighted by Gasteiger charge is 2.19. The van der Waals surface area contributed by atoms with Crippen LogP contribution < -0.4 is 21.3 Å². The van der Waals surface area contributed by atoms with E-state index in [1.54, 1.807) is 24.4 Å². The quantitative estimate of drug-likeness (QED) is 0.0934. The van der Waals surface area contributed by atoms with Crippen molar-refractivity contribution in [1.29, 1.82) is 0 Å². The molecule has 0 unspecified atom stereocenters. The van der Waals surface area contributed by atoms with E-state index in [-0.39, 0.29) is 25.1 Å². The van der Waals surface area contributed by atoms with Gasteiger partial charge in [0, 0.05) is 49.2 Å². The molecule has 0 saturated carbocycles. The normalized spacial score (nSPS) is 11.0. The highest BCUT2D eigenvalue weighted by molar-refractivity contribution is 6.37. The first-order valence-electron chi connectivity index (χ1n) is 14.4. The fourth-order valence-corrected chi connectivity index (χ4v) is 5.06. The van der Waals surface area contributed by atoms with Crippen molar-refractivity contribution in [3.8, 4) is 22.6 Å². The smallest absolute Gasteiger partial charge is 0.320 e. The van der Waals surface area contributed by atoms with Crippen LogP contribution in [0, 0.1) is 6.92 Å². The molecule has 232 valence electrons. The Morgan fingerprint density at radius 2 is 1.56 bits per heavy atom. The van der Waals surface area contributed by atoms with Gasteiger partial charge in [0.2, 0.25) is 5.89 Å². The molecule has 12 heteroatoms. The number of hydrogen-bond acceptors (Lipinski definition) is 10. The zero-order valence-electron chi connectivity index (χ0n) is 24.7. The summed E-state index contributed by atoms with van der Waals surface area (Å²) >= 11 is 6.83. The van der Waals surface area contributed by atoms with Crippen molar-refractivity contribution < 1.29 is 19.4 Å². The Morgan fingerprint density at radius 3 is 2.31 bits per heavy atom. The number of rotatable bonds is 14. The van der Waals surface area contributed by atoms with E-state index in [9.17, 15) is 4.79 Å². The molecule has 0 bridgehead atoms. The van der Waals surface area contributed by atoms with Crippen molar-refractivity contribution in [3.05, 3.63) is 106 Å². The van der Waals surface area contributed by atoms with Gasteiger partial charge in [-0.25, -0.2) is 4.98 Å². The summed E-state index contributed by atoms with van der Waals surface area (Å²) in [4.78, 5) is 17.5. The second-order valence-electron chi connectivity index (χ2n) is 10.2. The Bertz CT molecular complexity index is 1740. The molecule has 0 aliphatic carbocycles. The molecule has 6 N–H and O–H groups in total. The molecular formula is C33H34ClN7O4. The summed E-state index contributed by atoms with van der Waals surface area (Å²) in [5, 5.41) is 38.9. The number of hydrogen-bond donors (Lipinski definition) is 6. The number of anilines is 3. The zero-order valence-corrected chi connectivity index (χ0v) is 25.4. The third-order valence-corrected chi connectivity index (χ3v) is 7.41. The van der Waals surface area contributed by atoms with E-state index in [1.165, 1.54) is 0 Å². The number of benzene rings is 3. The maximum absolute atomic E-state index is 13.2. The molecule has 5 aromatic rings. The summed E-state index contributed by atoms with van der Waals surface area (Å²) in [5.41, 5.74) is 6.18. The van der Waals surface area contributed by atoms with Crippen molar-refractivity contribution in [3.63, 3.8) is 0 Å². The van der Waals surface area contributed by atoms with Crippen LogP contribution in [-0.2, 0) is 13.1 Å². The second-order valence-corrected chi connectivity index (χ2v) is 10.6. The van der Waals surface area contributed by atoms with Crippen molar-refractivity contribution >= 4 is 35.0 Å². The number of aromatic nitrogens is 3. The predicted molar refractivity (Wildman–Crippen MR) is 174 cm³/mol. The van der Waals surface area contributed by atoms with E-state index in [0.717, 1.165) is 33.5 Å². The Morgan fingerprint density at radius 1 is 0.844 bits per heavy atom. The maximum Gasteiger partial charge on any atom is 0.320 e. The minimum atomic E-state index is -0.379. The number of nitrogens with zero attached hydrogens (tertiary/aromatic N) is 3. The predicted octanol–water partition coefficient (Wildman–Crippen LogP) is 4.92. The van der Waals surface area contributed by atoms with E-state index >= 15 is 0 Å². The summed E-state index contributed by atoms with van der Waals surface area (Å²) < 4.78 is 5.98. The lowest BCUT2D eigenvalue weighted by atomic mass is 9.95. The van der Waals surface area contributed by atoms with Crippen molar-refractivity contribution in [2.24, 2.45) is 0 Å². The molecule has 2 heterocycles. The number of pyridine rings is 1. The zero-order chi connectivity index (χ0) is 31.6. The minimum Gasteiger partial charge on any atom is -0.403 e. The monoisotopic (exact) mass is 627 g/mol. The van der Waals surface area contributed by atoms with E-state index < -0.39 is 0 Å². The summed E-state index contributed by atoms with van der Waals surface area (Å²) in [6.07, 6.45) is 1.67. The average Bonchev–Trinajstić information content (AvgIpc) is 3.51. The third kappa shape index (κ3) is 8.09. The molecule has 11 nitrogen and oxygen atoms in total. The van der Waals surface area contributed by atoms with Crippen LogP contribution in [0.15, 0.2) is 83.4 Å². The summed E-state index contributed by atoms with van der Waals surface area (Å²) in [6, 6.07) is 22.6. The van der Waals surface area contributed by atoms with E-state index in [0.29, 0.717) is 54.0 Å². The van der Waals surface area contributed by atoms with Gasteiger partial charge in [0.1, 0.15) is 5.82 Å². The van der Waals surface area contributed by atoms with E-state index in [2.05, 4.69) is 36.4 Å². The van der Waals surface area contributed by atoms with Crippen LogP contribution in [0.4, 0.5) is 17.5 Å². The van der Waals surface area contributed by atoms with Gasteiger partial charge in [0.15, 0.2) is 0 Å². The fraction of sp³-hybridized carbons (Fsp3) is 0.212. The van der Waals surface area contributed by atoms with Crippen LogP contribution in [0.25, 0.3) is 22.6 Å².